The first-order valence-electron chi connectivity index (χ1n) is 5.98. The fourth-order valence-electron chi connectivity index (χ4n) is 2.10. The highest BCUT2D eigenvalue weighted by atomic mass is 19.1. The topological polar surface area (TPSA) is 41.6 Å². The zero-order valence-electron chi connectivity index (χ0n) is 10.6. The fraction of sp³-hybridized carbons (Fsp3) is 0.462. The van der Waals surface area contributed by atoms with Gasteiger partial charge in [-0.2, -0.15) is 0 Å². The number of piperazine rings is 1. The summed E-state index contributed by atoms with van der Waals surface area (Å²) in [4.78, 5) is 14.1. The molecular weight excluding hydrogens is 235 g/mol. The van der Waals surface area contributed by atoms with Gasteiger partial charge in [-0.3, -0.25) is 4.79 Å². The normalized spacial score (nSPS) is 19.7. The van der Waals surface area contributed by atoms with E-state index in [1.165, 1.54) is 25.3 Å². The van der Waals surface area contributed by atoms with Crippen molar-refractivity contribution in [2.45, 2.75) is 13.0 Å². The minimum atomic E-state index is -0.456. The number of benzene rings is 1. The molecule has 1 heterocycles. The molecule has 0 aliphatic carbocycles. The van der Waals surface area contributed by atoms with Crippen LogP contribution in [0.25, 0.3) is 0 Å². The summed E-state index contributed by atoms with van der Waals surface area (Å²) in [6.07, 6.45) is 0. The molecule has 5 heteroatoms. The zero-order chi connectivity index (χ0) is 13.1. The molecule has 0 unspecified atom stereocenters. The molecule has 1 saturated heterocycles. The van der Waals surface area contributed by atoms with Crippen molar-refractivity contribution < 1.29 is 13.9 Å². The van der Waals surface area contributed by atoms with Crippen LogP contribution in [-0.4, -0.2) is 43.6 Å². The Bertz CT molecular complexity index is 451. The van der Waals surface area contributed by atoms with Gasteiger partial charge < -0.3 is 15.0 Å². The highest BCUT2D eigenvalue weighted by Gasteiger charge is 2.24. The van der Waals surface area contributed by atoms with E-state index in [1.54, 1.807) is 4.90 Å². The van der Waals surface area contributed by atoms with Gasteiger partial charge in [0.05, 0.1) is 7.11 Å². The Morgan fingerprint density at radius 2 is 2.33 bits per heavy atom. The van der Waals surface area contributed by atoms with Gasteiger partial charge in [0.1, 0.15) is 0 Å². The molecule has 0 radical (unpaired) electrons. The Hall–Kier alpha value is -1.62. The highest BCUT2D eigenvalue weighted by molar-refractivity contribution is 5.95. The number of nitrogens with one attached hydrogen (secondary N) is 1. The van der Waals surface area contributed by atoms with Gasteiger partial charge in [-0.05, 0) is 25.1 Å². The summed E-state index contributed by atoms with van der Waals surface area (Å²) in [7, 11) is 1.39. The molecule has 1 aliphatic heterocycles. The third-order valence-corrected chi connectivity index (χ3v) is 3.16. The Balaban J connectivity index is 2.22. The van der Waals surface area contributed by atoms with Gasteiger partial charge in [-0.15, -0.1) is 0 Å². The van der Waals surface area contributed by atoms with Crippen LogP contribution < -0.4 is 10.1 Å². The summed E-state index contributed by atoms with van der Waals surface area (Å²) >= 11 is 0. The summed E-state index contributed by atoms with van der Waals surface area (Å²) < 4.78 is 18.2. The van der Waals surface area contributed by atoms with Crippen LogP contribution in [-0.2, 0) is 0 Å². The number of halogens is 1. The second-order valence-corrected chi connectivity index (χ2v) is 4.40. The number of hydrogen-bond donors (Lipinski definition) is 1. The lowest BCUT2D eigenvalue weighted by molar-refractivity contribution is 0.0655. The van der Waals surface area contributed by atoms with Crippen LogP contribution in [0, 0.1) is 5.82 Å². The average molecular weight is 252 g/mol. The molecule has 0 saturated carbocycles. The van der Waals surface area contributed by atoms with E-state index < -0.39 is 5.82 Å². The first-order chi connectivity index (χ1) is 8.63. The number of ether oxygens (including phenoxy) is 1. The van der Waals surface area contributed by atoms with Crippen LogP contribution in [0.5, 0.6) is 5.75 Å². The largest absolute Gasteiger partial charge is 0.494 e. The first kappa shape index (κ1) is 12.8. The summed E-state index contributed by atoms with van der Waals surface area (Å²) in [5, 5.41) is 3.22. The number of methoxy groups -OCH3 is 1. The van der Waals surface area contributed by atoms with Crippen LogP contribution in [0.1, 0.15) is 17.3 Å². The molecule has 18 heavy (non-hydrogen) atoms. The second-order valence-electron chi connectivity index (χ2n) is 4.40. The summed E-state index contributed by atoms with van der Waals surface area (Å²) in [5.74, 6) is -0.437. The summed E-state index contributed by atoms with van der Waals surface area (Å²) in [6, 6.07) is 4.35. The Kier molecular flexibility index (Phi) is 3.81. The molecule has 1 atom stereocenters. The Morgan fingerprint density at radius 3 is 3.00 bits per heavy atom. The van der Waals surface area contributed by atoms with E-state index in [4.69, 9.17) is 4.74 Å². The number of carbonyl (C=O) groups is 1. The molecule has 0 spiro atoms. The molecule has 1 aromatic rings. The average Bonchev–Trinajstić information content (AvgIpc) is 2.39. The molecule has 98 valence electrons. The van der Waals surface area contributed by atoms with E-state index in [-0.39, 0.29) is 17.7 Å². The van der Waals surface area contributed by atoms with Gasteiger partial charge in [0.2, 0.25) is 0 Å². The monoisotopic (exact) mass is 252 g/mol. The van der Waals surface area contributed by atoms with Gasteiger partial charge >= 0.3 is 0 Å². The van der Waals surface area contributed by atoms with Crippen molar-refractivity contribution >= 4 is 5.91 Å². The molecule has 1 aliphatic rings. The summed E-state index contributed by atoms with van der Waals surface area (Å²) in [5.41, 5.74) is 0.460. The third kappa shape index (κ3) is 2.46. The number of rotatable bonds is 2. The second kappa shape index (κ2) is 5.35. The number of carbonyl (C=O) groups excluding carboxylic acids is 1. The van der Waals surface area contributed by atoms with Crippen LogP contribution >= 0.6 is 0 Å². The van der Waals surface area contributed by atoms with E-state index in [1.807, 2.05) is 6.92 Å². The molecule has 2 rings (SSSR count). The lowest BCUT2D eigenvalue weighted by Crippen LogP contribution is -2.52. The standard InChI is InChI=1S/C13H17FN2O2/c1-9-8-15-5-6-16(9)13(17)10-3-4-11(14)12(7-10)18-2/h3-4,7,9,15H,5-6,8H2,1-2H3/t9-/m0/s1. The minimum absolute atomic E-state index is 0.0812. The Labute approximate surface area is 106 Å². The fourth-order valence-corrected chi connectivity index (χ4v) is 2.10. The SMILES string of the molecule is COc1cc(C(=O)N2CCNC[C@@H]2C)ccc1F. The van der Waals surface area contributed by atoms with E-state index in [0.717, 1.165) is 13.1 Å². The molecule has 0 bridgehead atoms. The van der Waals surface area contributed by atoms with Gasteiger partial charge in [-0.25, -0.2) is 4.39 Å². The zero-order valence-corrected chi connectivity index (χ0v) is 10.6. The summed E-state index contributed by atoms with van der Waals surface area (Å²) in [6.45, 7) is 4.23. The minimum Gasteiger partial charge on any atom is -0.494 e. The van der Waals surface area contributed by atoms with E-state index in [2.05, 4.69) is 5.32 Å². The molecule has 1 fully saturated rings. The van der Waals surface area contributed by atoms with Crippen molar-refractivity contribution in [3.8, 4) is 5.75 Å². The number of hydrogen-bond acceptors (Lipinski definition) is 3. The number of amides is 1. The van der Waals surface area contributed by atoms with Crippen molar-refractivity contribution in [3.63, 3.8) is 0 Å². The predicted octanol–water partition coefficient (Wildman–Crippen LogP) is 1.27. The van der Waals surface area contributed by atoms with E-state index in [9.17, 15) is 9.18 Å². The molecule has 1 N–H and O–H groups in total. The molecule has 4 nitrogen and oxygen atoms in total. The molecule has 0 aromatic heterocycles. The van der Waals surface area contributed by atoms with E-state index >= 15 is 0 Å². The van der Waals surface area contributed by atoms with Gasteiger partial charge in [0.25, 0.3) is 5.91 Å². The van der Waals surface area contributed by atoms with E-state index in [0.29, 0.717) is 12.1 Å². The van der Waals surface area contributed by atoms with Crippen molar-refractivity contribution in [1.29, 1.82) is 0 Å². The molecular formula is C13H17FN2O2. The third-order valence-electron chi connectivity index (χ3n) is 3.16. The lowest BCUT2D eigenvalue weighted by atomic mass is 10.1. The van der Waals surface area contributed by atoms with Crippen LogP contribution in [0.2, 0.25) is 0 Å². The van der Waals surface area contributed by atoms with Crippen LogP contribution in [0.3, 0.4) is 0 Å². The van der Waals surface area contributed by atoms with Crippen LogP contribution in [0.15, 0.2) is 18.2 Å². The molecule has 1 amide bonds. The van der Waals surface area contributed by atoms with Crippen molar-refractivity contribution in [2.24, 2.45) is 0 Å². The van der Waals surface area contributed by atoms with Crippen molar-refractivity contribution in [2.75, 3.05) is 26.7 Å². The van der Waals surface area contributed by atoms with Crippen molar-refractivity contribution in [1.82, 2.24) is 10.2 Å². The maximum atomic E-state index is 13.3. The maximum absolute atomic E-state index is 13.3. The van der Waals surface area contributed by atoms with Crippen molar-refractivity contribution in [3.05, 3.63) is 29.6 Å². The van der Waals surface area contributed by atoms with Gasteiger partial charge in [0.15, 0.2) is 11.6 Å². The highest BCUT2D eigenvalue weighted by Crippen LogP contribution is 2.20. The van der Waals surface area contributed by atoms with Crippen LogP contribution in [0.4, 0.5) is 4.39 Å². The first-order valence-corrected chi connectivity index (χ1v) is 5.98. The van der Waals surface area contributed by atoms with Gasteiger partial charge in [-0.1, -0.05) is 0 Å². The lowest BCUT2D eigenvalue weighted by Gasteiger charge is -2.34. The maximum Gasteiger partial charge on any atom is 0.254 e. The van der Waals surface area contributed by atoms with Gasteiger partial charge in [0, 0.05) is 31.2 Å². The number of nitrogens with zero attached hydrogens (tertiary/aromatic N) is 1. The molecule has 1 aromatic carbocycles. The smallest absolute Gasteiger partial charge is 0.254 e. The quantitative estimate of drug-likeness (QED) is 0.861. The predicted molar refractivity (Wildman–Crippen MR) is 66.3 cm³/mol. The Morgan fingerprint density at radius 1 is 1.56 bits per heavy atom.